The molecule has 21 heavy (non-hydrogen) atoms. The van der Waals surface area contributed by atoms with Crippen LogP contribution in [0.15, 0.2) is 0 Å². The fourth-order valence-electron chi connectivity index (χ4n) is 2.90. The number of nitrogens with zero attached hydrogens (tertiary/aromatic N) is 3. The van der Waals surface area contributed by atoms with Crippen LogP contribution in [-0.4, -0.2) is 77.0 Å². The van der Waals surface area contributed by atoms with Crippen molar-refractivity contribution in [3.8, 4) is 0 Å². The predicted octanol–water partition coefficient (Wildman–Crippen LogP) is -0.196. The molecule has 8 heteroatoms. The molecular formula is C13H23N5O3. The molecule has 2 fully saturated rings. The van der Waals surface area contributed by atoms with Crippen molar-refractivity contribution in [1.82, 2.24) is 14.7 Å². The number of piperazine rings is 1. The number of likely N-dealkylation sites (tertiary alicyclic amines) is 1. The number of nitrogens with one attached hydrogen (secondary N) is 1. The molecule has 2 aliphatic heterocycles. The molecule has 0 aromatic rings. The Morgan fingerprint density at radius 2 is 1.52 bits per heavy atom. The maximum atomic E-state index is 12.2. The molecule has 0 atom stereocenters. The van der Waals surface area contributed by atoms with Gasteiger partial charge in [0.2, 0.25) is 5.91 Å². The number of guanidine groups is 1. The molecule has 2 amide bonds. The van der Waals surface area contributed by atoms with Crippen molar-refractivity contribution in [3.63, 3.8) is 0 Å². The summed E-state index contributed by atoms with van der Waals surface area (Å²) in [6.45, 7) is 3.22. The fourth-order valence-corrected chi connectivity index (χ4v) is 2.90. The second kappa shape index (κ2) is 6.64. The minimum absolute atomic E-state index is 0.101. The highest BCUT2D eigenvalue weighted by Gasteiger charge is 2.27. The summed E-state index contributed by atoms with van der Waals surface area (Å²) < 4.78 is 0. The van der Waals surface area contributed by atoms with E-state index in [1.807, 2.05) is 4.90 Å². The zero-order valence-corrected chi connectivity index (χ0v) is 12.1. The SMILES string of the molecule is N=C(N)N1CCC(CC(=O)N2CCN(C(=O)O)CC2)CC1. The van der Waals surface area contributed by atoms with Crippen LogP contribution in [0, 0.1) is 11.3 Å². The molecule has 2 rings (SSSR count). The Bertz CT molecular complexity index is 412. The van der Waals surface area contributed by atoms with Crippen molar-refractivity contribution in [2.24, 2.45) is 11.7 Å². The zero-order chi connectivity index (χ0) is 15.4. The summed E-state index contributed by atoms with van der Waals surface area (Å²) in [5, 5.41) is 16.3. The summed E-state index contributed by atoms with van der Waals surface area (Å²) in [6, 6.07) is 0. The molecule has 0 unspecified atom stereocenters. The number of nitrogens with two attached hydrogens (primary N) is 1. The molecule has 0 aromatic carbocycles. The lowest BCUT2D eigenvalue weighted by molar-refractivity contribution is -0.134. The summed E-state index contributed by atoms with van der Waals surface area (Å²) in [6.07, 6.45) is 1.35. The number of rotatable bonds is 2. The highest BCUT2D eigenvalue weighted by atomic mass is 16.4. The summed E-state index contributed by atoms with van der Waals surface area (Å²) >= 11 is 0. The highest BCUT2D eigenvalue weighted by Crippen LogP contribution is 2.21. The van der Waals surface area contributed by atoms with Crippen molar-refractivity contribution in [2.75, 3.05) is 39.3 Å². The number of piperidine rings is 1. The molecule has 0 bridgehead atoms. The van der Waals surface area contributed by atoms with Gasteiger partial charge in [0, 0.05) is 45.7 Å². The van der Waals surface area contributed by atoms with Crippen LogP contribution >= 0.6 is 0 Å². The molecule has 4 N–H and O–H groups in total. The van der Waals surface area contributed by atoms with Crippen molar-refractivity contribution >= 4 is 18.0 Å². The Morgan fingerprint density at radius 1 is 1.00 bits per heavy atom. The number of hydrogen-bond donors (Lipinski definition) is 3. The lowest BCUT2D eigenvalue weighted by Crippen LogP contribution is -2.50. The first-order valence-corrected chi connectivity index (χ1v) is 7.32. The van der Waals surface area contributed by atoms with Gasteiger partial charge in [-0.2, -0.15) is 0 Å². The van der Waals surface area contributed by atoms with E-state index in [2.05, 4.69) is 0 Å². The van der Waals surface area contributed by atoms with E-state index in [0.29, 0.717) is 38.5 Å². The van der Waals surface area contributed by atoms with Crippen molar-refractivity contribution in [1.29, 1.82) is 5.41 Å². The standard InChI is InChI=1S/C13H23N5O3/c14-12(15)17-3-1-10(2-4-17)9-11(19)16-5-7-18(8-6-16)13(20)21/h10H,1-9H2,(H3,14,15)(H,20,21). The van der Waals surface area contributed by atoms with Gasteiger partial charge >= 0.3 is 6.09 Å². The van der Waals surface area contributed by atoms with Gasteiger partial charge < -0.3 is 25.5 Å². The quantitative estimate of drug-likeness (QED) is 0.482. The molecular weight excluding hydrogens is 274 g/mol. The van der Waals surface area contributed by atoms with Gasteiger partial charge in [0.05, 0.1) is 0 Å². The monoisotopic (exact) mass is 297 g/mol. The Hall–Kier alpha value is -1.99. The van der Waals surface area contributed by atoms with Crippen molar-refractivity contribution in [3.05, 3.63) is 0 Å². The van der Waals surface area contributed by atoms with E-state index in [0.717, 1.165) is 25.9 Å². The molecule has 0 radical (unpaired) electrons. The van der Waals surface area contributed by atoms with Crippen LogP contribution in [0.25, 0.3) is 0 Å². The molecule has 8 nitrogen and oxygen atoms in total. The van der Waals surface area contributed by atoms with Crippen LogP contribution in [-0.2, 0) is 4.79 Å². The molecule has 2 heterocycles. The summed E-state index contributed by atoms with van der Waals surface area (Å²) in [4.78, 5) is 28.0. The van der Waals surface area contributed by atoms with Gasteiger partial charge in [-0.25, -0.2) is 4.79 Å². The highest BCUT2D eigenvalue weighted by molar-refractivity contribution is 5.77. The molecule has 0 saturated carbocycles. The van der Waals surface area contributed by atoms with Crippen molar-refractivity contribution in [2.45, 2.75) is 19.3 Å². The van der Waals surface area contributed by atoms with E-state index in [9.17, 15) is 9.59 Å². The Morgan fingerprint density at radius 3 is 2.00 bits per heavy atom. The third-order valence-corrected chi connectivity index (χ3v) is 4.32. The second-order valence-corrected chi connectivity index (χ2v) is 5.67. The van der Waals surface area contributed by atoms with Gasteiger partial charge in [-0.3, -0.25) is 10.2 Å². The lowest BCUT2D eigenvalue weighted by Gasteiger charge is -2.35. The van der Waals surface area contributed by atoms with Gasteiger partial charge in [-0.15, -0.1) is 0 Å². The van der Waals surface area contributed by atoms with Gasteiger partial charge in [0.1, 0.15) is 0 Å². The van der Waals surface area contributed by atoms with Gasteiger partial charge in [-0.05, 0) is 18.8 Å². The van der Waals surface area contributed by atoms with E-state index in [-0.39, 0.29) is 11.9 Å². The predicted molar refractivity (Wildman–Crippen MR) is 77.0 cm³/mol. The van der Waals surface area contributed by atoms with Crippen LogP contribution in [0.4, 0.5) is 4.79 Å². The van der Waals surface area contributed by atoms with E-state index in [1.54, 1.807) is 4.90 Å². The van der Waals surface area contributed by atoms with Crippen LogP contribution in [0.5, 0.6) is 0 Å². The first-order valence-electron chi connectivity index (χ1n) is 7.32. The number of carboxylic acid groups (broad SMARTS) is 1. The third-order valence-electron chi connectivity index (χ3n) is 4.32. The van der Waals surface area contributed by atoms with Crippen LogP contribution in [0.2, 0.25) is 0 Å². The maximum absolute atomic E-state index is 12.2. The molecule has 2 aliphatic rings. The number of carbonyl (C=O) groups excluding carboxylic acids is 1. The van der Waals surface area contributed by atoms with Gasteiger partial charge in [0.15, 0.2) is 5.96 Å². The molecule has 0 spiro atoms. The van der Waals surface area contributed by atoms with Crippen molar-refractivity contribution < 1.29 is 14.7 Å². The van der Waals surface area contributed by atoms with Crippen LogP contribution in [0.3, 0.4) is 0 Å². The average molecular weight is 297 g/mol. The molecule has 0 aromatic heterocycles. The first-order chi connectivity index (χ1) is 9.97. The third kappa shape index (κ3) is 3.99. The summed E-state index contributed by atoms with van der Waals surface area (Å²) in [5.41, 5.74) is 5.45. The van der Waals surface area contributed by atoms with Crippen LogP contribution in [0.1, 0.15) is 19.3 Å². The van der Waals surface area contributed by atoms with E-state index < -0.39 is 6.09 Å². The van der Waals surface area contributed by atoms with Gasteiger partial charge in [0.25, 0.3) is 0 Å². The largest absolute Gasteiger partial charge is 0.465 e. The zero-order valence-electron chi connectivity index (χ0n) is 12.1. The Labute approximate surface area is 124 Å². The second-order valence-electron chi connectivity index (χ2n) is 5.67. The number of carbonyl (C=O) groups is 2. The first kappa shape index (κ1) is 15.4. The maximum Gasteiger partial charge on any atom is 0.407 e. The summed E-state index contributed by atoms with van der Waals surface area (Å²) in [7, 11) is 0. The Kier molecular flexibility index (Phi) is 4.87. The van der Waals surface area contributed by atoms with Gasteiger partial charge in [-0.1, -0.05) is 0 Å². The smallest absolute Gasteiger partial charge is 0.407 e. The molecule has 2 saturated heterocycles. The van der Waals surface area contributed by atoms with E-state index in [1.165, 1.54) is 4.90 Å². The Balaban J connectivity index is 1.73. The topological polar surface area (TPSA) is 114 Å². The number of hydrogen-bond acceptors (Lipinski definition) is 3. The van der Waals surface area contributed by atoms with E-state index in [4.69, 9.17) is 16.2 Å². The average Bonchev–Trinajstić information content (AvgIpc) is 2.47. The molecule has 118 valence electrons. The minimum Gasteiger partial charge on any atom is -0.465 e. The minimum atomic E-state index is -0.918. The normalized spacial score (nSPS) is 20.5. The summed E-state index contributed by atoms with van der Waals surface area (Å²) in [5.74, 6) is 0.552. The fraction of sp³-hybridized carbons (Fsp3) is 0.769. The lowest BCUT2D eigenvalue weighted by atomic mass is 9.93. The van der Waals surface area contributed by atoms with E-state index >= 15 is 0 Å². The van der Waals surface area contributed by atoms with Crippen LogP contribution < -0.4 is 5.73 Å². The molecule has 0 aliphatic carbocycles. The number of amides is 2.